The molecule has 1 N–H and O–H groups in total. The lowest BCUT2D eigenvalue weighted by molar-refractivity contribution is 0.0601. The molecule has 0 saturated carbocycles. The summed E-state index contributed by atoms with van der Waals surface area (Å²) in [5.41, 5.74) is 2.96. The predicted octanol–water partition coefficient (Wildman–Crippen LogP) is 3.92. The molecule has 0 amide bonds. The summed E-state index contributed by atoms with van der Waals surface area (Å²) >= 11 is 0. The fourth-order valence-corrected chi connectivity index (χ4v) is 2.77. The summed E-state index contributed by atoms with van der Waals surface area (Å²) in [4.78, 5) is 18.0. The largest absolute Gasteiger partial charge is 0.504 e. The van der Waals surface area contributed by atoms with Crippen LogP contribution in [-0.4, -0.2) is 30.3 Å². The Labute approximate surface area is 157 Å². The Hall–Kier alpha value is -3.54. The van der Waals surface area contributed by atoms with E-state index < -0.39 is 5.97 Å². The summed E-state index contributed by atoms with van der Waals surface area (Å²) in [5.74, 6) is 0.0226. The summed E-state index contributed by atoms with van der Waals surface area (Å²) in [5, 5.41) is 10.2. The average Bonchev–Trinajstić information content (AvgIpc) is 2.72. The Balaban J connectivity index is 2.05. The predicted molar refractivity (Wildman–Crippen MR) is 103 cm³/mol. The van der Waals surface area contributed by atoms with Crippen LogP contribution < -0.4 is 9.64 Å². The summed E-state index contributed by atoms with van der Waals surface area (Å²) in [6.45, 7) is 0.504. The van der Waals surface area contributed by atoms with Gasteiger partial charge in [-0.2, -0.15) is 0 Å². The van der Waals surface area contributed by atoms with Gasteiger partial charge < -0.3 is 19.5 Å². The Morgan fingerprint density at radius 2 is 1.89 bits per heavy atom. The van der Waals surface area contributed by atoms with Crippen LogP contribution in [0.2, 0.25) is 0 Å². The molecular weight excluding hydrogens is 344 g/mol. The molecular formula is C21H20N2O4. The molecule has 0 atom stereocenters. The number of hydrogen-bond donors (Lipinski definition) is 1. The van der Waals surface area contributed by atoms with Crippen LogP contribution in [-0.2, 0) is 11.3 Å². The van der Waals surface area contributed by atoms with E-state index in [2.05, 4.69) is 4.98 Å². The van der Waals surface area contributed by atoms with Crippen LogP contribution in [0.4, 0.5) is 11.4 Å². The summed E-state index contributed by atoms with van der Waals surface area (Å²) in [7, 11) is 2.85. The lowest BCUT2D eigenvalue weighted by Gasteiger charge is -2.26. The highest BCUT2D eigenvalue weighted by atomic mass is 16.5. The number of rotatable bonds is 6. The summed E-state index contributed by atoms with van der Waals surface area (Å²) in [6, 6.07) is 16.1. The Bertz CT molecular complexity index is 928. The van der Waals surface area contributed by atoms with E-state index in [-0.39, 0.29) is 5.75 Å². The minimum Gasteiger partial charge on any atom is -0.504 e. The van der Waals surface area contributed by atoms with Crippen LogP contribution >= 0.6 is 0 Å². The van der Waals surface area contributed by atoms with E-state index in [1.54, 1.807) is 42.7 Å². The molecule has 0 fully saturated rings. The molecule has 138 valence electrons. The van der Waals surface area contributed by atoms with E-state index >= 15 is 0 Å². The molecule has 0 radical (unpaired) electrons. The van der Waals surface area contributed by atoms with E-state index in [9.17, 15) is 9.90 Å². The van der Waals surface area contributed by atoms with Gasteiger partial charge in [0.25, 0.3) is 0 Å². The zero-order valence-electron chi connectivity index (χ0n) is 15.1. The van der Waals surface area contributed by atoms with Gasteiger partial charge in [0, 0.05) is 36.4 Å². The van der Waals surface area contributed by atoms with Crippen molar-refractivity contribution in [1.82, 2.24) is 4.98 Å². The van der Waals surface area contributed by atoms with Crippen LogP contribution in [0.1, 0.15) is 15.9 Å². The highest BCUT2D eigenvalue weighted by Gasteiger charge is 2.15. The number of aromatic hydroxyl groups is 1. The number of hydrogen-bond acceptors (Lipinski definition) is 6. The van der Waals surface area contributed by atoms with Crippen LogP contribution in [0.5, 0.6) is 11.5 Å². The maximum absolute atomic E-state index is 11.9. The number of anilines is 2. The van der Waals surface area contributed by atoms with E-state index in [0.717, 1.165) is 16.9 Å². The molecule has 0 aliphatic heterocycles. The number of phenolic OH excluding ortho intramolecular Hbond substituents is 1. The molecule has 6 nitrogen and oxygen atoms in total. The normalized spacial score (nSPS) is 10.3. The molecule has 0 bridgehead atoms. The first kappa shape index (κ1) is 18.3. The third-order valence-corrected chi connectivity index (χ3v) is 4.12. The second-order valence-corrected chi connectivity index (χ2v) is 5.85. The number of ether oxygens (including phenoxy) is 2. The van der Waals surface area contributed by atoms with Gasteiger partial charge in [0.1, 0.15) is 0 Å². The van der Waals surface area contributed by atoms with Crippen molar-refractivity contribution in [2.75, 3.05) is 19.1 Å². The van der Waals surface area contributed by atoms with Crippen molar-refractivity contribution in [1.29, 1.82) is 0 Å². The number of methoxy groups -OCH3 is 2. The maximum Gasteiger partial charge on any atom is 0.337 e. The number of carbonyl (C=O) groups excluding carboxylic acids is 1. The number of phenols is 1. The van der Waals surface area contributed by atoms with E-state index in [1.807, 2.05) is 29.2 Å². The standard InChI is InChI=1S/C21H20N2O4/c1-26-20-9-8-18(12-19(20)24)23(14-15-5-4-10-22-13-15)17-7-3-6-16(11-17)21(25)27-2/h3-13,24H,14H2,1-2H3. The van der Waals surface area contributed by atoms with Gasteiger partial charge in [-0.05, 0) is 42.0 Å². The smallest absolute Gasteiger partial charge is 0.337 e. The zero-order valence-corrected chi connectivity index (χ0v) is 15.1. The van der Waals surface area contributed by atoms with Crippen molar-refractivity contribution in [2.45, 2.75) is 6.54 Å². The average molecular weight is 364 g/mol. The van der Waals surface area contributed by atoms with Gasteiger partial charge in [0.2, 0.25) is 0 Å². The molecule has 6 heteroatoms. The van der Waals surface area contributed by atoms with Crippen LogP contribution in [0.3, 0.4) is 0 Å². The van der Waals surface area contributed by atoms with Gasteiger partial charge in [0.15, 0.2) is 11.5 Å². The minimum atomic E-state index is -0.407. The number of pyridine rings is 1. The highest BCUT2D eigenvalue weighted by molar-refractivity contribution is 5.90. The van der Waals surface area contributed by atoms with E-state index in [0.29, 0.717) is 17.9 Å². The van der Waals surface area contributed by atoms with Crippen molar-refractivity contribution >= 4 is 17.3 Å². The van der Waals surface area contributed by atoms with Gasteiger partial charge in [-0.3, -0.25) is 4.98 Å². The lowest BCUT2D eigenvalue weighted by Crippen LogP contribution is -2.17. The van der Waals surface area contributed by atoms with Gasteiger partial charge >= 0.3 is 5.97 Å². The number of benzene rings is 2. The molecule has 1 heterocycles. The molecule has 2 aromatic carbocycles. The molecule has 0 saturated heterocycles. The lowest BCUT2D eigenvalue weighted by atomic mass is 10.1. The first-order valence-electron chi connectivity index (χ1n) is 8.34. The minimum absolute atomic E-state index is 0.0373. The van der Waals surface area contributed by atoms with Crippen molar-refractivity contribution < 1.29 is 19.4 Å². The van der Waals surface area contributed by atoms with E-state index in [4.69, 9.17) is 9.47 Å². The summed E-state index contributed by atoms with van der Waals surface area (Å²) < 4.78 is 9.95. The third-order valence-electron chi connectivity index (χ3n) is 4.12. The van der Waals surface area contributed by atoms with E-state index in [1.165, 1.54) is 14.2 Å². The van der Waals surface area contributed by atoms with Gasteiger partial charge in [-0.25, -0.2) is 4.79 Å². The highest BCUT2D eigenvalue weighted by Crippen LogP contribution is 2.35. The molecule has 27 heavy (non-hydrogen) atoms. The second kappa shape index (κ2) is 8.23. The maximum atomic E-state index is 11.9. The topological polar surface area (TPSA) is 71.9 Å². The fraction of sp³-hybridized carbons (Fsp3) is 0.143. The quantitative estimate of drug-likeness (QED) is 0.669. The van der Waals surface area contributed by atoms with Gasteiger partial charge in [-0.15, -0.1) is 0 Å². The number of nitrogens with zero attached hydrogens (tertiary/aromatic N) is 2. The van der Waals surface area contributed by atoms with Crippen molar-refractivity contribution in [2.24, 2.45) is 0 Å². The Morgan fingerprint density at radius 3 is 2.56 bits per heavy atom. The van der Waals surface area contributed by atoms with Gasteiger partial charge in [0.05, 0.1) is 19.8 Å². The van der Waals surface area contributed by atoms with Crippen LogP contribution in [0.25, 0.3) is 0 Å². The fourth-order valence-electron chi connectivity index (χ4n) is 2.77. The molecule has 0 aliphatic rings. The zero-order chi connectivity index (χ0) is 19.2. The molecule has 3 aromatic rings. The Morgan fingerprint density at radius 1 is 1.07 bits per heavy atom. The third kappa shape index (κ3) is 4.17. The molecule has 3 rings (SSSR count). The van der Waals surface area contributed by atoms with Gasteiger partial charge in [-0.1, -0.05) is 12.1 Å². The molecule has 0 spiro atoms. The van der Waals surface area contributed by atoms with Crippen molar-refractivity contribution in [3.05, 3.63) is 78.1 Å². The number of aromatic nitrogens is 1. The second-order valence-electron chi connectivity index (χ2n) is 5.85. The molecule has 0 unspecified atom stereocenters. The number of carbonyl (C=O) groups is 1. The first-order valence-corrected chi connectivity index (χ1v) is 8.34. The monoisotopic (exact) mass is 364 g/mol. The number of esters is 1. The molecule has 0 aliphatic carbocycles. The molecule has 1 aromatic heterocycles. The Kier molecular flexibility index (Phi) is 5.56. The SMILES string of the molecule is COC(=O)c1cccc(N(Cc2cccnc2)c2ccc(OC)c(O)c2)c1. The van der Waals surface area contributed by atoms with Crippen LogP contribution in [0.15, 0.2) is 67.0 Å². The van der Waals surface area contributed by atoms with Crippen molar-refractivity contribution in [3.63, 3.8) is 0 Å². The van der Waals surface area contributed by atoms with Crippen molar-refractivity contribution in [3.8, 4) is 11.5 Å². The first-order chi connectivity index (χ1) is 13.1. The van der Waals surface area contributed by atoms with Crippen LogP contribution in [0, 0.1) is 0 Å². The summed E-state index contributed by atoms with van der Waals surface area (Å²) in [6.07, 6.45) is 3.49.